The van der Waals surface area contributed by atoms with Crippen molar-refractivity contribution >= 4 is 5.78 Å². The summed E-state index contributed by atoms with van der Waals surface area (Å²) in [7, 11) is 1.57. The SMILES string of the molecule is COc1cc(C)ccc1CC(=O)CO. The molecule has 14 heavy (non-hydrogen) atoms. The molecule has 0 saturated carbocycles. The minimum Gasteiger partial charge on any atom is -0.496 e. The van der Waals surface area contributed by atoms with Gasteiger partial charge in [-0.15, -0.1) is 0 Å². The van der Waals surface area contributed by atoms with E-state index in [1.165, 1.54) is 0 Å². The minimum absolute atomic E-state index is 0.202. The van der Waals surface area contributed by atoms with E-state index in [4.69, 9.17) is 9.84 Å². The van der Waals surface area contributed by atoms with E-state index in [9.17, 15) is 4.79 Å². The Morgan fingerprint density at radius 2 is 2.21 bits per heavy atom. The molecule has 0 bridgehead atoms. The minimum atomic E-state index is -0.420. The van der Waals surface area contributed by atoms with Gasteiger partial charge < -0.3 is 9.84 Å². The van der Waals surface area contributed by atoms with Gasteiger partial charge in [0.1, 0.15) is 12.4 Å². The molecule has 3 nitrogen and oxygen atoms in total. The number of aliphatic hydroxyl groups is 1. The molecule has 0 aliphatic rings. The first kappa shape index (κ1) is 10.7. The maximum absolute atomic E-state index is 11.0. The van der Waals surface area contributed by atoms with Crippen molar-refractivity contribution in [3.63, 3.8) is 0 Å². The standard InChI is InChI=1S/C11H14O3/c1-8-3-4-9(6-10(13)7-12)11(5-8)14-2/h3-5,12H,6-7H2,1-2H3. The molecule has 0 saturated heterocycles. The third kappa shape index (κ3) is 2.57. The van der Waals surface area contributed by atoms with Gasteiger partial charge >= 0.3 is 0 Å². The predicted molar refractivity (Wildman–Crippen MR) is 53.5 cm³/mol. The molecular formula is C11H14O3. The first-order valence-electron chi connectivity index (χ1n) is 4.43. The fourth-order valence-electron chi connectivity index (χ4n) is 1.27. The van der Waals surface area contributed by atoms with Gasteiger partial charge in [0.05, 0.1) is 7.11 Å². The number of methoxy groups -OCH3 is 1. The molecule has 1 N–H and O–H groups in total. The third-order valence-electron chi connectivity index (χ3n) is 2.01. The summed E-state index contributed by atoms with van der Waals surface area (Å²) in [5.74, 6) is 0.499. The van der Waals surface area contributed by atoms with Crippen LogP contribution < -0.4 is 4.74 Å². The first-order valence-corrected chi connectivity index (χ1v) is 4.43. The second kappa shape index (κ2) is 4.77. The topological polar surface area (TPSA) is 46.5 Å². The van der Waals surface area contributed by atoms with Gasteiger partial charge in [0.25, 0.3) is 0 Å². The van der Waals surface area contributed by atoms with Crippen LogP contribution in [0.1, 0.15) is 11.1 Å². The van der Waals surface area contributed by atoms with Crippen LogP contribution in [0.5, 0.6) is 5.75 Å². The van der Waals surface area contributed by atoms with Gasteiger partial charge in [-0.25, -0.2) is 0 Å². The summed E-state index contributed by atoms with van der Waals surface area (Å²) in [5, 5.41) is 8.62. The summed E-state index contributed by atoms with van der Waals surface area (Å²) in [6, 6.07) is 5.64. The molecule has 0 atom stereocenters. The highest BCUT2D eigenvalue weighted by Gasteiger charge is 2.07. The van der Waals surface area contributed by atoms with Gasteiger partial charge in [-0.2, -0.15) is 0 Å². The Hall–Kier alpha value is -1.35. The van der Waals surface area contributed by atoms with Crippen LogP contribution in [0.15, 0.2) is 18.2 Å². The largest absolute Gasteiger partial charge is 0.496 e. The van der Waals surface area contributed by atoms with Crippen LogP contribution >= 0.6 is 0 Å². The Morgan fingerprint density at radius 3 is 2.79 bits per heavy atom. The van der Waals surface area contributed by atoms with Gasteiger partial charge in [0, 0.05) is 12.0 Å². The van der Waals surface area contributed by atoms with Crippen LogP contribution in [0.25, 0.3) is 0 Å². The highest BCUT2D eigenvalue weighted by Crippen LogP contribution is 2.20. The quantitative estimate of drug-likeness (QED) is 0.781. The molecule has 1 rings (SSSR count). The van der Waals surface area contributed by atoms with Crippen molar-refractivity contribution in [1.29, 1.82) is 0 Å². The lowest BCUT2D eigenvalue weighted by atomic mass is 10.1. The normalized spacial score (nSPS) is 9.93. The molecule has 0 aliphatic heterocycles. The summed E-state index contributed by atoms with van der Waals surface area (Å²) >= 11 is 0. The number of hydrogen-bond acceptors (Lipinski definition) is 3. The van der Waals surface area contributed by atoms with Crippen molar-refractivity contribution in [3.8, 4) is 5.75 Å². The number of aryl methyl sites for hydroxylation is 1. The fourth-order valence-corrected chi connectivity index (χ4v) is 1.27. The second-order valence-electron chi connectivity index (χ2n) is 3.19. The molecule has 0 fully saturated rings. The van der Waals surface area contributed by atoms with Crippen LogP contribution in [-0.2, 0) is 11.2 Å². The molecule has 0 aliphatic carbocycles. The number of Topliss-reactive ketones (excluding diaryl/α,β-unsaturated/α-hetero) is 1. The Balaban J connectivity index is 2.90. The Labute approximate surface area is 83.3 Å². The number of rotatable bonds is 4. The van der Waals surface area contributed by atoms with E-state index in [-0.39, 0.29) is 12.2 Å². The van der Waals surface area contributed by atoms with Crippen molar-refractivity contribution in [3.05, 3.63) is 29.3 Å². The Morgan fingerprint density at radius 1 is 1.50 bits per heavy atom. The first-order chi connectivity index (χ1) is 6.67. The van der Waals surface area contributed by atoms with E-state index < -0.39 is 6.61 Å². The molecule has 1 aromatic rings. The molecular weight excluding hydrogens is 180 g/mol. The van der Waals surface area contributed by atoms with Crippen molar-refractivity contribution in [2.45, 2.75) is 13.3 Å². The molecule has 0 heterocycles. The lowest BCUT2D eigenvalue weighted by Gasteiger charge is -2.07. The number of carbonyl (C=O) groups excluding carboxylic acids is 1. The smallest absolute Gasteiger partial charge is 0.162 e. The van der Waals surface area contributed by atoms with Gasteiger partial charge in [-0.05, 0) is 18.6 Å². The van der Waals surface area contributed by atoms with Crippen LogP contribution in [0.3, 0.4) is 0 Å². The molecule has 0 unspecified atom stereocenters. The van der Waals surface area contributed by atoms with E-state index in [1.54, 1.807) is 7.11 Å². The summed E-state index contributed by atoms with van der Waals surface area (Å²) in [6.45, 7) is 1.54. The highest BCUT2D eigenvalue weighted by molar-refractivity contribution is 5.82. The zero-order chi connectivity index (χ0) is 10.6. The van der Waals surface area contributed by atoms with Gasteiger partial charge in [0.15, 0.2) is 5.78 Å². The lowest BCUT2D eigenvalue weighted by Crippen LogP contribution is -2.08. The summed E-state index contributed by atoms with van der Waals surface area (Å²) in [6.07, 6.45) is 0.222. The maximum atomic E-state index is 11.0. The average Bonchev–Trinajstić information content (AvgIpc) is 2.20. The Bertz CT molecular complexity index is 331. The molecule has 76 valence electrons. The van der Waals surface area contributed by atoms with Gasteiger partial charge in [0.2, 0.25) is 0 Å². The second-order valence-corrected chi connectivity index (χ2v) is 3.19. The summed E-state index contributed by atoms with van der Waals surface area (Å²) < 4.78 is 5.14. The number of hydrogen-bond donors (Lipinski definition) is 1. The molecule has 0 spiro atoms. The number of benzene rings is 1. The number of carbonyl (C=O) groups is 1. The van der Waals surface area contributed by atoms with E-state index in [1.807, 2.05) is 25.1 Å². The monoisotopic (exact) mass is 194 g/mol. The zero-order valence-corrected chi connectivity index (χ0v) is 8.41. The zero-order valence-electron chi connectivity index (χ0n) is 8.41. The molecule has 0 aromatic heterocycles. The molecule has 3 heteroatoms. The highest BCUT2D eigenvalue weighted by atomic mass is 16.5. The molecule has 0 radical (unpaired) electrons. The number of ketones is 1. The predicted octanol–water partition coefficient (Wildman–Crippen LogP) is 1.11. The maximum Gasteiger partial charge on any atom is 0.162 e. The number of aliphatic hydroxyl groups excluding tert-OH is 1. The fraction of sp³-hybridized carbons (Fsp3) is 0.364. The van der Waals surface area contributed by atoms with E-state index in [0.29, 0.717) is 5.75 Å². The van der Waals surface area contributed by atoms with Crippen LogP contribution in [0, 0.1) is 6.92 Å². The van der Waals surface area contributed by atoms with E-state index >= 15 is 0 Å². The number of ether oxygens (including phenoxy) is 1. The third-order valence-corrected chi connectivity index (χ3v) is 2.01. The van der Waals surface area contributed by atoms with Crippen LogP contribution in [0.2, 0.25) is 0 Å². The van der Waals surface area contributed by atoms with Gasteiger partial charge in [-0.1, -0.05) is 12.1 Å². The molecule has 1 aromatic carbocycles. The van der Waals surface area contributed by atoms with Gasteiger partial charge in [-0.3, -0.25) is 4.79 Å². The van der Waals surface area contributed by atoms with Crippen molar-refractivity contribution in [2.24, 2.45) is 0 Å². The van der Waals surface area contributed by atoms with Crippen molar-refractivity contribution < 1.29 is 14.6 Å². The van der Waals surface area contributed by atoms with Crippen LogP contribution in [0.4, 0.5) is 0 Å². The summed E-state index contributed by atoms with van der Waals surface area (Å²) in [5.41, 5.74) is 1.90. The Kier molecular flexibility index (Phi) is 3.65. The lowest BCUT2D eigenvalue weighted by molar-refractivity contribution is -0.121. The molecule has 0 amide bonds. The van der Waals surface area contributed by atoms with E-state index in [2.05, 4.69) is 0 Å². The van der Waals surface area contributed by atoms with Crippen molar-refractivity contribution in [2.75, 3.05) is 13.7 Å². The average molecular weight is 194 g/mol. The van der Waals surface area contributed by atoms with Crippen LogP contribution in [-0.4, -0.2) is 24.6 Å². The van der Waals surface area contributed by atoms with Crippen molar-refractivity contribution in [1.82, 2.24) is 0 Å². The summed E-state index contributed by atoms with van der Waals surface area (Å²) in [4.78, 5) is 11.0. The van der Waals surface area contributed by atoms with E-state index in [0.717, 1.165) is 11.1 Å².